The molecule has 23 heavy (non-hydrogen) atoms. The Labute approximate surface area is 129 Å². The third-order valence-corrected chi connectivity index (χ3v) is 3.90. The van der Waals surface area contributed by atoms with Crippen molar-refractivity contribution >= 4 is 21.9 Å². The highest BCUT2D eigenvalue weighted by Crippen LogP contribution is 2.43. The summed E-state index contributed by atoms with van der Waals surface area (Å²) in [6.45, 7) is 0. The Morgan fingerprint density at radius 2 is 1.57 bits per heavy atom. The summed E-state index contributed by atoms with van der Waals surface area (Å²) >= 11 is 0. The predicted molar refractivity (Wildman–Crippen MR) is 84.0 cm³/mol. The lowest BCUT2D eigenvalue weighted by Gasteiger charge is -2.14. The first kappa shape index (κ1) is 13.8. The standard InChI is InChI=1S/C18H11F3N2/c19-18(20,21)16-13(11-6-2-1-3-7-11)10-22-17-15(16)12-8-4-5-9-14(12)23-17/h1-10H,(H,22,23). The highest BCUT2D eigenvalue weighted by atomic mass is 19.4. The number of halogens is 3. The van der Waals surface area contributed by atoms with Crippen molar-refractivity contribution in [2.24, 2.45) is 0 Å². The Morgan fingerprint density at radius 3 is 2.30 bits per heavy atom. The zero-order chi connectivity index (χ0) is 16.0. The van der Waals surface area contributed by atoms with E-state index in [1.165, 1.54) is 6.20 Å². The number of nitrogens with one attached hydrogen (secondary N) is 1. The summed E-state index contributed by atoms with van der Waals surface area (Å²) in [7, 11) is 0. The van der Waals surface area contributed by atoms with Crippen LogP contribution in [-0.4, -0.2) is 9.97 Å². The topological polar surface area (TPSA) is 28.7 Å². The maximum Gasteiger partial charge on any atom is 0.417 e. The van der Waals surface area contributed by atoms with Gasteiger partial charge in [0.05, 0.1) is 5.56 Å². The summed E-state index contributed by atoms with van der Waals surface area (Å²) < 4.78 is 41.5. The second kappa shape index (κ2) is 4.84. The van der Waals surface area contributed by atoms with Crippen molar-refractivity contribution in [2.45, 2.75) is 6.18 Å². The fourth-order valence-electron chi connectivity index (χ4n) is 2.94. The molecular weight excluding hydrogens is 301 g/mol. The smallest absolute Gasteiger partial charge is 0.339 e. The lowest BCUT2D eigenvalue weighted by atomic mass is 9.98. The van der Waals surface area contributed by atoms with Crippen LogP contribution in [0.4, 0.5) is 13.2 Å². The molecule has 2 aromatic carbocycles. The maximum absolute atomic E-state index is 13.8. The van der Waals surface area contributed by atoms with Crippen molar-refractivity contribution in [1.82, 2.24) is 9.97 Å². The molecule has 0 bridgehead atoms. The Morgan fingerprint density at radius 1 is 0.870 bits per heavy atom. The number of H-pyrrole nitrogens is 1. The van der Waals surface area contributed by atoms with Crippen LogP contribution < -0.4 is 0 Å². The largest absolute Gasteiger partial charge is 0.417 e. The molecule has 114 valence electrons. The summed E-state index contributed by atoms with van der Waals surface area (Å²) in [6.07, 6.45) is -3.19. The number of hydrogen-bond acceptors (Lipinski definition) is 1. The van der Waals surface area contributed by atoms with Gasteiger partial charge in [0, 0.05) is 28.0 Å². The monoisotopic (exact) mass is 312 g/mol. The molecule has 2 aromatic heterocycles. The van der Waals surface area contributed by atoms with Crippen LogP contribution in [0, 0.1) is 0 Å². The first-order valence-corrected chi connectivity index (χ1v) is 7.08. The Balaban J connectivity index is 2.18. The Hall–Kier alpha value is -2.82. The van der Waals surface area contributed by atoms with E-state index in [1.807, 2.05) is 0 Å². The molecule has 0 aliphatic rings. The van der Waals surface area contributed by atoms with Crippen LogP contribution in [0.3, 0.4) is 0 Å². The van der Waals surface area contributed by atoms with E-state index in [2.05, 4.69) is 9.97 Å². The molecule has 2 nitrogen and oxygen atoms in total. The number of aromatic amines is 1. The number of benzene rings is 2. The highest BCUT2D eigenvalue weighted by Gasteiger charge is 2.37. The molecule has 0 saturated heterocycles. The van der Waals surface area contributed by atoms with Crippen LogP contribution in [0.25, 0.3) is 33.1 Å². The van der Waals surface area contributed by atoms with Gasteiger partial charge in [0.2, 0.25) is 0 Å². The predicted octanol–water partition coefficient (Wildman–Crippen LogP) is 5.40. The van der Waals surface area contributed by atoms with E-state index in [4.69, 9.17) is 0 Å². The van der Waals surface area contributed by atoms with Gasteiger partial charge in [-0.2, -0.15) is 13.2 Å². The molecule has 0 amide bonds. The molecule has 0 aliphatic carbocycles. The lowest BCUT2D eigenvalue weighted by Crippen LogP contribution is -2.08. The second-order valence-electron chi connectivity index (χ2n) is 5.30. The van der Waals surface area contributed by atoms with E-state index in [0.29, 0.717) is 16.5 Å². The van der Waals surface area contributed by atoms with Crippen molar-refractivity contribution in [3.05, 3.63) is 66.4 Å². The first-order valence-electron chi connectivity index (χ1n) is 7.08. The van der Waals surface area contributed by atoms with Gasteiger partial charge in [-0.1, -0.05) is 48.5 Å². The number of aromatic nitrogens is 2. The van der Waals surface area contributed by atoms with Gasteiger partial charge in [0.15, 0.2) is 0 Å². The quantitative estimate of drug-likeness (QED) is 0.501. The summed E-state index contributed by atoms with van der Waals surface area (Å²) in [6, 6.07) is 15.5. The Bertz CT molecular complexity index is 1000. The average molecular weight is 312 g/mol. The summed E-state index contributed by atoms with van der Waals surface area (Å²) in [4.78, 5) is 7.17. The van der Waals surface area contributed by atoms with E-state index in [1.54, 1.807) is 54.6 Å². The molecule has 0 unspecified atom stereocenters. The van der Waals surface area contributed by atoms with E-state index in [9.17, 15) is 13.2 Å². The molecular formula is C18H11F3N2. The molecule has 0 aliphatic heterocycles. The number of pyridine rings is 1. The van der Waals surface area contributed by atoms with Gasteiger partial charge < -0.3 is 4.98 Å². The zero-order valence-corrected chi connectivity index (χ0v) is 11.9. The molecule has 0 radical (unpaired) electrons. The van der Waals surface area contributed by atoms with Crippen molar-refractivity contribution in [3.8, 4) is 11.1 Å². The number of nitrogens with zero attached hydrogens (tertiary/aromatic N) is 1. The van der Waals surface area contributed by atoms with E-state index in [-0.39, 0.29) is 16.6 Å². The van der Waals surface area contributed by atoms with Crippen molar-refractivity contribution in [2.75, 3.05) is 0 Å². The number of rotatable bonds is 1. The minimum absolute atomic E-state index is 0.0929. The molecule has 0 fully saturated rings. The maximum atomic E-state index is 13.8. The van der Waals surface area contributed by atoms with Gasteiger partial charge >= 0.3 is 6.18 Å². The molecule has 0 spiro atoms. The van der Waals surface area contributed by atoms with Crippen LogP contribution in [0.5, 0.6) is 0 Å². The molecule has 4 rings (SSSR count). The van der Waals surface area contributed by atoms with Gasteiger partial charge in [-0.25, -0.2) is 4.98 Å². The normalized spacial score (nSPS) is 12.1. The van der Waals surface area contributed by atoms with Crippen molar-refractivity contribution in [3.63, 3.8) is 0 Å². The number of para-hydroxylation sites is 1. The lowest BCUT2D eigenvalue weighted by molar-refractivity contribution is -0.135. The SMILES string of the molecule is FC(F)(F)c1c(-c2ccccc2)cnc2[nH]c3ccccc3c12. The van der Waals surface area contributed by atoms with Crippen LogP contribution in [-0.2, 0) is 6.18 Å². The van der Waals surface area contributed by atoms with Gasteiger partial charge in [-0.05, 0) is 11.6 Å². The molecule has 0 saturated carbocycles. The van der Waals surface area contributed by atoms with Gasteiger partial charge in [0.1, 0.15) is 5.65 Å². The van der Waals surface area contributed by atoms with E-state index < -0.39 is 11.7 Å². The van der Waals surface area contributed by atoms with Crippen LogP contribution in [0.1, 0.15) is 5.56 Å². The summed E-state index contributed by atoms with van der Waals surface area (Å²) in [5, 5.41) is 0.648. The van der Waals surface area contributed by atoms with Crippen LogP contribution in [0.2, 0.25) is 0 Å². The molecule has 5 heteroatoms. The summed E-state index contributed by atoms with van der Waals surface area (Å²) in [5.41, 5.74) is 0.838. The third-order valence-electron chi connectivity index (χ3n) is 3.90. The zero-order valence-electron chi connectivity index (χ0n) is 11.9. The molecule has 2 heterocycles. The molecule has 4 aromatic rings. The number of hydrogen-bond donors (Lipinski definition) is 1. The van der Waals surface area contributed by atoms with Gasteiger partial charge in [-0.3, -0.25) is 0 Å². The number of alkyl halides is 3. The van der Waals surface area contributed by atoms with Crippen molar-refractivity contribution in [1.29, 1.82) is 0 Å². The second-order valence-corrected chi connectivity index (χ2v) is 5.30. The van der Waals surface area contributed by atoms with Crippen LogP contribution in [0.15, 0.2) is 60.8 Å². The molecule has 1 N–H and O–H groups in total. The van der Waals surface area contributed by atoms with E-state index >= 15 is 0 Å². The van der Waals surface area contributed by atoms with Crippen LogP contribution >= 0.6 is 0 Å². The minimum atomic E-state index is -4.47. The van der Waals surface area contributed by atoms with E-state index in [0.717, 1.165) is 0 Å². The molecule has 0 atom stereocenters. The minimum Gasteiger partial charge on any atom is -0.339 e. The number of fused-ring (bicyclic) bond motifs is 3. The fraction of sp³-hybridized carbons (Fsp3) is 0.0556. The van der Waals surface area contributed by atoms with Gasteiger partial charge in [-0.15, -0.1) is 0 Å². The fourth-order valence-corrected chi connectivity index (χ4v) is 2.94. The average Bonchev–Trinajstić information content (AvgIpc) is 2.92. The van der Waals surface area contributed by atoms with Gasteiger partial charge in [0.25, 0.3) is 0 Å². The first-order chi connectivity index (χ1) is 11.1. The third kappa shape index (κ3) is 2.16. The highest BCUT2D eigenvalue weighted by molar-refractivity contribution is 6.09. The summed E-state index contributed by atoms with van der Waals surface area (Å²) in [5.74, 6) is 0. The Kier molecular flexibility index (Phi) is 2.91. The van der Waals surface area contributed by atoms with Crippen molar-refractivity contribution < 1.29 is 13.2 Å².